The van der Waals surface area contributed by atoms with Gasteiger partial charge in [0.1, 0.15) is 35.2 Å². The number of furan rings is 1. The Hall–Kier alpha value is -2.91. The molecule has 0 aliphatic rings. The van der Waals surface area contributed by atoms with Crippen LogP contribution in [0.25, 0.3) is 27.4 Å². The van der Waals surface area contributed by atoms with Gasteiger partial charge in [-0.1, -0.05) is 23.5 Å². The summed E-state index contributed by atoms with van der Waals surface area (Å²) in [4.78, 5) is 5.32. The van der Waals surface area contributed by atoms with Gasteiger partial charge in [0.2, 0.25) is 4.96 Å². The molecule has 0 saturated carbocycles. The quantitative estimate of drug-likeness (QED) is 0.328. The van der Waals surface area contributed by atoms with Crippen LogP contribution in [0.1, 0.15) is 5.56 Å². The molecule has 0 spiro atoms. The number of benzene rings is 2. The van der Waals surface area contributed by atoms with Crippen molar-refractivity contribution >= 4 is 43.2 Å². The molecule has 3 heterocycles. The maximum absolute atomic E-state index is 13.1. The zero-order valence-corrected chi connectivity index (χ0v) is 17.5. The van der Waals surface area contributed by atoms with Gasteiger partial charge >= 0.3 is 0 Å². The molecule has 0 unspecified atom stereocenters. The van der Waals surface area contributed by atoms with E-state index < -0.39 is 0 Å². The largest absolute Gasteiger partial charge is 0.496 e. The van der Waals surface area contributed by atoms with Crippen molar-refractivity contribution < 1.29 is 18.3 Å². The van der Waals surface area contributed by atoms with Gasteiger partial charge in [-0.05, 0) is 39.7 Å². The van der Waals surface area contributed by atoms with Crippen LogP contribution in [0.3, 0.4) is 0 Å². The van der Waals surface area contributed by atoms with Gasteiger partial charge in [0, 0.05) is 12.1 Å². The highest BCUT2D eigenvalue weighted by atomic mass is 79.9. The molecule has 29 heavy (non-hydrogen) atoms. The summed E-state index contributed by atoms with van der Waals surface area (Å²) in [7, 11) is 1.59. The second-order valence-electron chi connectivity index (χ2n) is 6.27. The van der Waals surface area contributed by atoms with Crippen molar-refractivity contribution in [2.75, 3.05) is 7.11 Å². The number of nitrogens with zero attached hydrogens (tertiary/aromatic N) is 3. The number of imidazole rings is 1. The summed E-state index contributed by atoms with van der Waals surface area (Å²) in [5, 5.41) is 5.10. The van der Waals surface area contributed by atoms with Gasteiger partial charge in [0.15, 0.2) is 9.68 Å². The summed E-state index contributed by atoms with van der Waals surface area (Å²) < 4.78 is 33.0. The normalized spacial score (nSPS) is 11.4. The van der Waals surface area contributed by atoms with Gasteiger partial charge in [-0.3, -0.25) is 0 Å². The van der Waals surface area contributed by atoms with Crippen LogP contribution < -0.4 is 9.47 Å². The van der Waals surface area contributed by atoms with E-state index in [4.69, 9.17) is 13.9 Å². The Morgan fingerprint density at radius 2 is 2.03 bits per heavy atom. The monoisotopic (exact) mass is 473 g/mol. The van der Waals surface area contributed by atoms with E-state index in [1.165, 1.54) is 23.5 Å². The summed E-state index contributed by atoms with van der Waals surface area (Å²) in [5.74, 6) is 1.55. The molecule has 0 aliphatic carbocycles. The van der Waals surface area contributed by atoms with Gasteiger partial charge < -0.3 is 13.9 Å². The van der Waals surface area contributed by atoms with E-state index in [0.29, 0.717) is 35.1 Å². The molecule has 9 heteroatoms. The van der Waals surface area contributed by atoms with Crippen LogP contribution >= 0.6 is 27.3 Å². The molecule has 2 aromatic carbocycles. The minimum absolute atomic E-state index is 0.279. The second-order valence-corrected chi connectivity index (χ2v) is 8.50. The average molecular weight is 474 g/mol. The number of aromatic nitrogens is 3. The van der Waals surface area contributed by atoms with Gasteiger partial charge in [-0.15, -0.1) is 5.10 Å². The van der Waals surface area contributed by atoms with Gasteiger partial charge in [-0.2, -0.15) is 0 Å². The van der Waals surface area contributed by atoms with E-state index in [9.17, 15) is 4.39 Å². The molecule has 0 saturated heterocycles. The van der Waals surface area contributed by atoms with Crippen LogP contribution in [-0.4, -0.2) is 21.7 Å². The Morgan fingerprint density at radius 1 is 1.21 bits per heavy atom. The number of ether oxygens (including phenoxy) is 2. The lowest BCUT2D eigenvalue weighted by Gasteiger charge is -2.09. The first-order valence-corrected chi connectivity index (χ1v) is 10.2. The van der Waals surface area contributed by atoms with Gasteiger partial charge in [0.25, 0.3) is 0 Å². The third kappa shape index (κ3) is 3.47. The average Bonchev–Trinajstić information content (AvgIpc) is 3.39. The van der Waals surface area contributed by atoms with E-state index in [-0.39, 0.29) is 5.82 Å². The third-order valence-corrected chi connectivity index (χ3v) is 5.74. The van der Waals surface area contributed by atoms with Crippen LogP contribution in [0.5, 0.6) is 11.5 Å². The SMILES string of the molecule is COc1cc(OCc2ccc(F)cc2)c2cc(-c3cn4nc(Br)sc4n3)oc2c1. The molecule has 6 nitrogen and oxygen atoms in total. The van der Waals surface area contributed by atoms with Crippen molar-refractivity contribution in [3.8, 4) is 23.0 Å². The van der Waals surface area contributed by atoms with Crippen molar-refractivity contribution in [3.05, 3.63) is 64.0 Å². The van der Waals surface area contributed by atoms with Crippen LogP contribution in [0.2, 0.25) is 0 Å². The van der Waals surface area contributed by atoms with Crippen LogP contribution in [0.15, 0.2) is 57.0 Å². The maximum atomic E-state index is 13.1. The highest BCUT2D eigenvalue weighted by Crippen LogP contribution is 2.37. The number of hydrogen-bond acceptors (Lipinski definition) is 6. The third-order valence-electron chi connectivity index (χ3n) is 4.39. The molecular weight excluding hydrogens is 461 g/mol. The predicted molar refractivity (Wildman–Crippen MR) is 111 cm³/mol. The zero-order chi connectivity index (χ0) is 20.0. The fraction of sp³-hybridized carbons (Fsp3) is 0.100. The molecule has 0 aliphatic heterocycles. The second kappa shape index (κ2) is 7.16. The number of methoxy groups -OCH3 is 1. The Morgan fingerprint density at radius 3 is 2.79 bits per heavy atom. The molecule has 0 amide bonds. The van der Waals surface area contributed by atoms with Crippen molar-refractivity contribution in [1.29, 1.82) is 0 Å². The predicted octanol–water partition coefficient (Wildman–Crippen LogP) is 5.69. The Kier molecular flexibility index (Phi) is 4.48. The van der Waals surface area contributed by atoms with Gasteiger partial charge in [-0.25, -0.2) is 13.9 Å². The molecule has 0 radical (unpaired) electrons. The molecule has 3 aromatic heterocycles. The van der Waals surface area contributed by atoms with Gasteiger partial charge in [0.05, 0.1) is 18.7 Å². The van der Waals surface area contributed by atoms with Crippen molar-refractivity contribution in [2.45, 2.75) is 6.61 Å². The Labute approximate surface area is 176 Å². The first kappa shape index (κ1) is 18.1. The first-order chi connectivity index (χ1) is 14.1. The summed E-state index contributed by atoms with van der Waals surface area (Å²) in [6.07, 6.45) is 1.81. The lowest BCUT2D eigenvalue weighted by atomic mass is 10.2. The number of fused-ring (bicyclic) bond motifs is 2. The van der Waals surface area contributed by atoms with E-state index >= 15 is 0 Å². The Balaban J connectivity index is 1.52. The number of rotatable bonds is 5. The smallest absolute Gasteiger partial charge is 0.213 e. The minimum Gasteiger partial charge on any atom is -0.496 e. The fourth-order valence-electron chi connectivity index (χ4n) is 2.98. The van der Waals surface area contributed by atoms with Crippen molar-refractivity contribution in [3.63, 3.8) is 0 Å². The fourth-order valence-corrected chi connectivity index (χ4v) is 4.20. The van der Waals surface area contributed by atoms with E-state index in [2.05, 4.69) is 26.0 Å². The summed E-state index contributed by atoms with van der Waals surface area (Å²) in [6.45, 7) is 0.293. The highest BCUT2D eigenvalue weighted by molar-refractivity contribution is 9.11. The summed E-state index contributed by atoms with van der Waals surface area (Å²) >= 11 is 4.79. The minimum atomic E-state index is -0.279. The van der Waals surface area contributed by atoms with Crippen LogP contribution in [0.4, 0.5) is 4.39 Å². The van der Waals surface area contributed by atoms with Crippen LogP contribution in [-0.2, 0) is 6.61 Å². The molecule has 5 aromatic rings. The lowest BCUT2D eigenvalue weighted by molar-refractivity contribution is 0.307. The summed E-state index contributed by atoms with van der Waals surface area (Å²) in [5.41, 5.74) is 2.16. The van der Waals surface area contributed by atoms with Crippen molar-refractivity contribution in [2.24, 2.45) is 0 Å². The molecule has 0 bridgehead atoms. The lowest BCUT2D eigenvalue weighted by Crippen LogP contribution is -1.96. The Bertz CT molecular complexity index is 1300. The van der Waals surface area contributed by atoms with Crippen molar-refractivity contribution in [1.82, 2.24) is 14.6 Å². The molecule has 0 atom stereocenters. The summed E-state index contributed by atoms with van der Waals surface area (Å²) in [6, 6.07) is 11.7. The molecule has 0 fully saturated rings. The maximum Gasteiger partial charge on any atom is 0.213 e. The van der Waals surface area contributed by atoms with E-state index in [0.717, 1.165) is 19.8 Å². The van der Waals surface area contributed by atoms with E-state index in [1.807, 2.05) is 12.3 Å². The topological polar surface area (TPSA) is 61.8 Å². The molecule has 0 N–H and O–H groups in total. The zero-order valence-electron chi connectivity index (χ0n) is 15.1. The molecular formula is C20H13BrFN3O3S. The number of halogens is 2. The highest BCUT2D eigenvalue weighted by Gasteiger charge is 2.16. The first-order valence-electron chi connectivity index (χ1n) is 8.60. The standard InChI is InChI=1S/C20H13BrFN3O3S/c1-26-13-6-16(27-10-11-2-4-12(22)5-3-11)14-8-18(28-17(14)7-13)15-9-25-20(23-15)29-19(21)24-25/h2-9H,10H2,1H3. The molecule has 5 rings (SSSR count). The molecule has 146 valence electrons. The van der Waals surface area contributed by atoms with Crippen LogP contribution in [0, 0.1) is 5.82 Å². The van der Waals surface area contributed by atoms with E-state index in [1.54, 1.807) is 35.9 Å². The number of hydrogen-bond donors (Lipinski definition) is 0.